The number of carbonyl (C=O) groups is 1. The molecule has 7 heteroatoms. The number of aliphatic carboxylic acids is 1. The molecule has 0 heterocycles. The Bertz CT molecular complexity index is 338. The van der Waals surface area contributed by atoms with E-state index < -0.39 is 5.97 Å². The van der Waals surface area contributed by atoms with Crippen molar-refractivity contribution in [3.8, 4) is 0 Å². The molecule has 1 aliphatic carbocycles. The summed E-state index contributed by atoms with van der Waals surface area (Å²) in [6.45, 7) is 5.64. The maximum Gasteiger partial charge on any atom is 0.306 e. The number of rotatable bonds is 4. The van der Waals surface area contributed by atoms with Gasteiger partial charge in [0.2, 0.25) is 5.28 Å². The zero-order valence-electron chi connectivity index (χ0n) is 11.3. The first-order chi connectivity index (χ1) is 8.21. The van der Waals surface area contributed by atoms with Gasteiger partial charge in [0.05, 0.1) is 23.5 Å². The topological polar surface area (TPSA) is 88.2 Å². The van der Waals surface area contributed by atoms with Gasteiger partial charge in [-0.2, -0.15) is 0 Å². The van der Waals surface area contributed by atoms with E-state index in [4.69, 9.17) is 9.94 Å². The molecule has 1 aliphatic rings. The van der Waals surface area contributed by atoms with Crippen LogP contribution in [0.1, 0.15) is 40.0 Å². The fourth-order valence-corrected chi connectivity index (χ4v) is 1.68. The number of hydrogen-bond acceptors (Lipinski definition) is 4. The Morgan fingerprint density at radius 2 is 2.11 bits per heavy atom. The summed E-state index contributed by atoms with van der Waals surface area (Å²) in [6.07, 6.45) is 1.32. The van der Waals surface area contributed by atoms with Gasteiger partial charge in [0.1, 0.15) is 6.10 Å². The van der Waals surface area contributed by atoms with Gasteiger partial charge in [0.15, 0.2) is 0 Å². The molecular formula is C11H21N3O4. The lowest BCUT2D eigenvalue weighted by atomic mass is 10.1. The maximum atomic E-state index is 11.6. The number of carboxylic acids is 1. The minimum atomic E-state index is -0.813. The van der Waals surface area contributed by atoms with Crippen LogP contribution >= 0.6 is 0 Å². The van der Waals surface area contributed by atoms with Crippen LogP contribution in [0.4, 0.5) is 0 Å². The summed E-state index contributed by atoms with van der Waals surface area (Å²) in [5.74, 6) is -1.20. The first-order valence-electron chi connectivity index (χ1n) is 6.02. The van der Waals surface area contributed by atoms with Crippen molar-refractivity contribution in [2.24, 2.45) is 11.2 Å². The average Bonchev–Trinajstić information content (AvgIpc) is 2.72. The molecule has 0 radical (unpaired) electrons. The van der Waals surface area contributed by atoms with Crippen LogP contribution in [0.5, 0.6) is 0 Å². The zero-order chi connectivity index (χ0) is 13.9. The Balaban J connectivity index is 2.48. The van der Waals surface area contributed by atoms with E-state index >= 15 is 0 Å². The fraction of sp³-hybridized carbons (Fsp3) is 0.909. The number of nitrogens with zero attached hydrogens (tertiary/aromatic N) is 3. The van der Waals surface area contributed by atoms with E-state index in [1.165, 1.54) is 5.01 Å². The molecule has 0 bridgehead atoms. The molecule has 18 heavy (non-hydrogen) atoms. The molecule has 0 aliphatic heterocycles. The third-order valence-electron chi connectivity index (χ3n) is 3.23. The number of hydrogen-bond donors (Lipinski definition) is 1. The average molecular weight is 259 g/mol. The molecule has 0 saturated heterocycles. The summed E-state index contributed by atoms with van der Waals surface area (Å²) in [5.41, 5.74) is -0.353. The maximum absolute atomic E-state index is 11.6. The van der Waals surface area contributed by atoms with Crippen LogP contribution in [0.2, 0.25) is 0 Å². The second-order valence-corrected chi connectivity index (χ2v) is 5.60. The minimum Gasteiger partial charge on any atom is -0.569 e. The molecule has 104 valence electrons. The highest BCUT2D eigenvalue weighted by Gasteiger charge is 2.32. The Hall–Kier alpha value is -1.53. The molecule has 1 saturated carbocycles. The lowest BCUT2D eigenvalue weighted by Crippen LogP contribution is -2.42. The van der Waals surface area contributed by atoms with Crippen LogP contribution in [0.25, 0.3) is 0 Å². The van der Waals surface area contributed by atoms with Crippen molar-refractivity contribution in [2.45, 2.75) is 51.7 Å². The molecule has 1 fully saturated rings. The van der Waals surface area contributed by atoms with Gasteiger partial charge in [-0.15, -0.1) is 5.01 Å². The standard InChI is InChI=1S/C11H21N3O4/c1-11(2,3)13(4)14(17)12-18-9-6-5-8(7-9)10(15)16/h8-9H,5-7H2,1-4H3,(H,15,16)/b14-12+/t8-,9-/m0/s1. The van der Waals surface area contributed by atoms with E-state index in [2.05, 4.69) is 5.28 Å². The van der Waals surface area contributed by atoms with Crippen LogP contribution in [-0.2, 0) is 9.63 Å². The van der Waals surface area contributed by atoms with Gasteiger partial charge in [-0.1, -0.05) is 0 Å². The summed E-state index contributed by atoms with van der Waals surface area (Å²) in [4.78, 5) is 16.3. The molecule has 0 aromatic carbocycles. The molecule has 0 aromatic rings. The highest BCUT2D eigenvalue weighted by atomic mass is 16.7. The van der Waals surface area contributed by atoms with E-state index in [1.54, 1.807) is 7.05 Å². The van der Waals surface area contributed by atoms with E-state index in [0.29, 0.717) is 24.2 Å². The van der Waals surface area contributed by atoms with Gasteiger partial charge < -0.3 is 15.2 Å². The summed E-state index contributed by atoms with van der Waals surface area (Å²) in [5, 5.41) is 25.3. The second kappa shape index (κ2) is 5.41. The van der Waals surface area contributed by atoms with Crippen molar-refractivity contribution in [3.05, 3.63) is 5.21 Å². The van der Waals surface area contributed by atoms with Gasteiger partial charge in [-0.25, -0.2) is 0 Å². The van der Waals surface area contributed by atoms with Crippen molar-refractivity contribution < 1.29 is 19.7 Å². The first-order valence-corrected chi connectivity index (χ1v) is 6.02. The SMILES string of the molecule is CN(/[N+]([O-])=N\O[C@H]1CC[C@H](C(=O)O)C1)C(C)(C)C. The summed E-state index contributed by atoms with van der Waals surface area (Å²) in [7, 11) is 1.62. The van der Waals surface area contributed by atoms with Gasteiger partial charge in [0.25, 0.3) is 0 Å². The lowest BCUT2D eigenvalue weighted by Gasteiger charge is -2.26. The van der Waals surface area contributed by atoms with Crippen LogP contribution in [0.3, 0.4) is 0 Å². The van der Waals surface area contributed by atoms with Crippen molar-refractivity contribution in [1.29, 1.82) is 0 Å². The molecule has 7 nitrogen and oxygen atoms in total. The quantitative estimate of drug-likeness (QED) is 0.472. The van der Waals surface area contributed by atoms with Crippen LogP contribution in [0.15, 0.2) is 5.28 Å². The minimum absolute atomic E-state index is 0.282. The molecule has 0 aromatic heterocycles. The predicted octanol–water partition coefficient (Wildman–Crippen LogP) is 1.78. The third kappa shape index (κ3) is 3.75. The van der Waals surface area contributed by atoms with E-state index in [-0.39, 0.29) is 17.6 Å². The van der Waals surface area contributed by atoms with Gasteiger partial charge in [-0.05, 0) is 33.6 Å². The van der Waals surface area contributed by atoms with Gasteiger partial charge in [-0.3, -0.25) is 4.79 Å². The molecule has 1 rings (SSSR count). The van der Waals surface area contributed by atoms with Gasteiger partial charge in [0, 0.05) is 6.42 Å². The highest BCUT2D eigenvalue weighted by Crippen LogP contribution is 2.28. The summed E-state index contributed by atoms with van der Waals surface area (Å²) >= 11 is 0. The smallest absolute Gasteiger partial charge is 0.306 e. The first kappa shape index (κ1) is 14.5. The van der Waals surface area contributed by atoms with Crippen LogP contribution in [-0.4, -0.2) is 39.7 Å². The van der Waals surface area contributed by atoms with E-state index in [9.17, 15) is 10.0 Å². The van der Waals surface area contributed by atoms with Crippen LogP contribution in [0, 0.1) is 11.1 Å². The largest absolute Gasteiger partial charge is 0.569 e. The number of hydrazine groups is 1. The van der Waals surface area contributed by atoms with Crippen molar-refractivity contribution in [1.82, 2.24) is 5.01 Å². The third-order valence-corrected chi connectivity index (χ3v) is 3.23. The summed E-state index contributed by atoms with van der Waals surface area (Å²) in [6, 6.07) is 0. The van der Waals surface area contributed by atoms with Crippen LogP contribution < -0.4 is 0 Å². The molecule has 0 amide bonds. The van der Waals surface area contributed by atoms with Gasteiger partial charge >= 0.3 is 5.97 Å². The second-order valence-electron chi connectivity index (χ2n) is 5.60. The summed E-state index contributed by atoms with van der Waals surface area (Å²) < 4.78 is 0. The Kier molecular flexibility index (Phi) is 4.37. The van der Waals surface area contributed by atoms with Crippen molar-refractivity contribution in [2.75, 3.05) is 7.05 Å². The zero-order valence-corrected chi connectivity index (χ0v) is 11.3. The Morgan fingerprint density at radius 1 is 1.50 bits per heavy atom. The lowest BCUT2D eigenvalue weighted by molar-refractivity contribution is -0.720. The van der Waals surface area contributed by atoms with E-state index in [1.807, 2.05) is 20.8 Å². The monoisotopic (exact) mass is 259 g/mol. The molecule has 1 N–H and O–H groups in total. The highest BCUT2D eigenvalue weighted by molar-refractivity contribution is 5.70. The molecular weight excluding hydrogens is 238 g/mol. The fourth-order valence-electron chi connectivity index (χ4n) is 1.68. The molecule has 0 unspecified atom stereocenters. The Morgan fingerprint density at radius 3 is 2.56 bits per heavy atom. The molecule has 2 atom stereocenters. The van der Waals surface area contributed by atoms with E-state index in [0.717, 1.165) is 0 Å². The van der Waals surface area contributed by atoms with Crippen molar-refractivity contribution >= 4 is 5.97 Å². The number of carboxylic acid groups (broad SMARTS) is 1. The Labute approximate surface area is 107 Å². The molecule has 0 spiro atoms. The normalized spacial score (nSPS) is 25.0. The van der Waals surface area contributed by atoms with Crippen molar-refractivity contribution in [3.63, 3.8) is 0 Å². The predicted molar refractivity (Wildman–Crippen MR) is 63.4 cm³/mol.